The van der Waals surface area contributed by atoms with Crippen molar-refractivity contribution in [3.63, 3.8) is 0 Å². The molecule has 0 heterocycles. The van der Waals surface area contributed by atoms with Gasteiger partial charge in [-0.1, -0.05) is 0 Å². The van der Waals surface area contributed by atoms with Crippen LogP contribution in [-0.2, 0) is 9.05 Å². The second kappa shape index (κ2) is 4.04. The van der Waals surface area contributed by atoms with E-state index in [-0.39, 0.29) is 4.90 Å². The summed E-state index contributed by atoms with van der Waals surface area (Å²) in [5, 5.41) is 0. The minimum absolute atomic E-state index is 0.118. The van der Waals surface area contributed by atoms with E-state index in [9.17, 15) is 8.42 Å². The fourth-order valence-electron chi connectivity index (χ4n) is 0.825. The van der Waals surface area contributed by atoms with Crippen LogP contribution in [0.15, 0.2) is 21.5 Å². The Bertz CT molecular complexity index is 444. The summed E-state index contributed by atoms with van der Waals surface area (Å²) in [5.41, 5.74) is 0.877. The summed E-state index contributed by atoms with van der Waals surface area (Å²) < 4.78 is 23.6. The van der Waals surface area contributed by atoms with Crippen molar-refractivity contribution in [2.24, 2.45) is 0 Å². The molecule has 0 radical (unpaired) electrons. The summed E-state index contributed by atoms with van der Waals surface area (Å²) in [7, 11) is 1.58. The molecule has 0 aliphatic carbocycles. The van der Waals surface area contributed by atoms with Gasteiger partial charge in [0, 0.05) is 18.7 Å². The number of halogens is 3. The molecule has 0 fully saturated rings. The Labute approximate surface area is 103 Å². The Hall–Kier alpha value is 0.670. The molecule has 2 nitrogen and oxygen atoms in total. The van der Waals surface area contributed by atoms with Crippen LogP contribution >= 0.6 is 49.2 Å². The molecule has 0 N–H and O–H groups in total. The lowest BCUT2D eigenvalue weighted by Gasteiger charge is -2.05. The van der Waals surface area contributed by atoms with E-state index in [4.69, 9.17) is 10.7 Å². The maximum Gasteiger partial charge on any atom is 0.262 e. The van der Waals surface area contributed by atoms with Crippen molar-refractivity contribution in [2.75, 3.05) is 0 Å². The first-order chi connectivity index (χ1) is 5.84. The Morgan fingerprint density at radius 2 is 2.00 bits per heavy atom. The summed E-state index contributed by atoms with van der Waals surface area (Å²) in [6.07, 6.45) is 0. The second-order valence-electron chi connectivity index (χ2n) is 2.42. The zero-order valence-electron chi connectivity index (χ0n) is 6.51. The molecule has 13 heavy (non-hydrogen) atoms. The fraction of sp³-hybridized carbons (Fsp3) is 0.143. The minimum atomic E-state index is -3.65. The summed E-state index contributed by atoms with van der Waals surface area (Å²) in [4.78, 5) is 0.118. The third kappa shape index (κ3) is 2.57. The van der Waals surface area contributed by atoms with E-state index in [1.54, 1.807) is 6.07 Å². The van der Waals surface area contributed by atoms with Gasteiger partial charge in [0.15, 0.2) is 0 Å². The number of benzene rings is 1. The highest BCUT2D eigenvalue weighted by molar-refractivity contribution is 14.1. The molecule has 0 bridgehead atoms. The SMILES string of the molecule is Cc1c(I)ccc(S(=O)(=O)Cl)c1Br. The quantitative estimate of drug-likeness (QED) is 0.540. The van der Waals surface area contributed by atoms with Crippen LogP contribution in [0, 0.1) is 10.5 Å². The number of hydrogen-bond donors (Lipinski definition) is 0. The molecular weight excluding hydrogens is 390 g/mol. The first-order valence-corrected chi connectivity index (χ1v) is 7.41. The van der Waals surface area contributed by atoms with Gasteiger partial charge in [0.25, 0.3) is 9.05 Å². The molecular formula is C7H5BrClIO2S. The maximum absolute atomic E-state index is 11.1. The van der Waals surface area contributed by atoms with Crippen molar-refractivity contribution >= 4 is 58.3 Å². The summed E-state index contributed by atoms with van der Waals surface area (Å²) in [5.74, 6) is 0. The van der Waals surface area contributed by atoms with E-state index in [0.717, 1.165) is 9.13 Å². The van der Waals surface area contributed by atoms with Gasteiger partial charge in [0.05, 0.1) is 4.90 Å². The van der Waals surface area contributed by atoms with Crippen molar-refractivity contribution in [2.45, 2.75) is 11.8 Å². The smallest absolute Gasteiger partial charge is 0.207 e. The summed E-state index contributed by atoms with van der Waals surface area (Å²) in [6, 6.07) is 3.21. The largest absolute Gasteiger partial charge is 0.262 e. The zero-order valence-corrected chi connectivity index (χ0v) is 11.8. The van der Waals surface area contributed by atoms with E-state index in [1.807, 2.05) is 6.92 Å². The molecule has 0 spiro atoms. The molecule has 0 saturated heterocycles. The third-order valence-corrected chi connectivity index (χ3v) is 5.36. The van der Waals surface area contributed by atoms with Gasteiger partial charge >= 0.3 is 0 Å². The third-order valence-electron chi connectivity index (χ3n) is 1.55. The highest BCUT2D eigenvalue weighted by Gasteiger charge is 2.16. The van der Waals surface area contributed by atoms with Crippen LogP contribution in [0.2, 0.25) is 0 Å². The van der Waals surface area contributed by atoms with Crippen LogP contribution in [0.25, 0.3) is 0 Å². The summed E-state index contributed by atoms with van der Waals surface area (Å²) >= 11 is 5.33. The van der Waals surface area contributed by atoms with Crippen molar-refractivity contribution in [1.29, 1.82) is 0 Å². The molecule has 72 valence electrons. The zero-order chi connectivity index (χ0) is 10.2. The van der Waals surface area contributed by atoms with Crippen molar-refractivity contribution < 1.29 is 8.42 Å². The molecule has 0 unspecified atom stereocenters. The number of rotatable bonds is 1. The molecule has 0 aromatic heterocycles. The molecule has 1 aromatic carbocycles. The van der Waals surface area contributed by atoms with Gasteiger partial charge in [-0.05, 0) is 63.1 Å². The molecule has 1 aromatic rings. The van der Waals surface area contributed by atoms with Crippen LogP contribution in [-0.4, -0.2) is 8.42 Å². The molecule has 6 heteroatoms. The van der Waals surface area contributed by atoms with Gasteiger partial charge in [-0.15, -0.1) is 0 Å². The Morgan fingerprint density at radius 1 is 1.46 bits per heavy atom. The Balaban J connectivity index is 3.53. The molecule has 0 aliphatic rings. The monoisotopic (exact) mass is 394 g/mol. The minimum Gasteiger partial charge on any atom is -0.207 e. The van der Waals surface area contributed by atoms with E-state index < -0.39 is 9.05 Å². The van der Waals surface area contributed by atoms with Gasteiger partial charge < -0.3 is 0 Å². The van der Waals surface area contributed by atoms with Gasteiger partial charge in [-0.25, -0.2) is 8.42 Å². The lowest BCUT2D eigenvalue weighted by Crippen LogP contribution is -1.95. The van der Waals surface area contributed by atoms with Crippen LogP contribution < -0.4 is 0 Å². The first-order valence-electron chi connectivity index (χ1n) is 3.23. The van der Waals surface area contributed by atoms with Crippen molar-refractivity contribution in [3.8, 4) is 0 Å². The lowest BCUT2D eigenvalue weighted by atomic mass is 10.2. The molecule has 0 aliphatic heterocycles. The van der Waals surface area contributed by atoms with Crippen molar-refractivity contribution in [1.82, 2.24) is 0 Å². The van der Waals surface area contributed by atoms with Gasteiger partial charge in [0.2, 0.25) is 0 Å². The predicted octanol–water partition coefficient (Wildman–Crippen LogP) is 3.29. The van der Waals surface area contributed by atoms with E-state index in [2.05, 4.69) is 38.5 Å². The van der Waals surface area contributed by atoms with E-state index in [1.165, 1.54) is 6.07 Å². The molecule has 0 amide bonds. The second-order valence-corrected chi connectivity index (χ2v) is 6.91. The average molecular weight is 395 g/mol. The lowest BCUT2D eigenvalue weighted by molar-refractivity contribution is 0.609. The molecule has 0 atom stereocenters. The number of hydrogen-bond acceptors (Lipinski definition) is 2. The Morgan fingerprint density at radius 3 is 2.46 bits per heavy atom. The highest BCUT2D eigenvalue weighted by atomic mass is 127. The fourth-order valence-corrected chi connectivity index (χ4v) is 3.89. The van der Waals surface area contributed by atoms with Gasteiger partial charge in [-0.3, -0.25) is 0 Å². The highest BCUT2D eigenvalue weighted by Crippen LogP contribution is 2.30. The van der Waals surface area contributed by atoms with Crippen LogP contribution in [0.5, 0.6) is 0 Å². The van der Waals surface area contributed by atoms with Crippen molar-refractivity contribution in [3.05, 3.63) is 25.7 Å². The standard InChI is InChI=1S/C7H5BrClIO2S/c1-4-5(10)2-3-6(7(4)8)13(9,11)12/h2-3H,1H3. The molecule has 0 saturated carbocycles. The maximum atomic E-state index is 11.1. The molecule has 1 rings (SSSR count). The first kappa shape index (κ1) is 11.7. The van der Waals surface area contributed by atoms with Gasteiger partial charge in [-0.2, -0.15) is 0 Å². The van der Waals surface area contributed by atoms with Crippen LogP contribution in [0.4, 0.5) is 0 Å². The average Bonchev–Trinajstić information content (AvgIpc) is 1.98. The van der Waals surface area contributed by atoms with E-state index >= 15 is 0 Å². The predicted molar refractivity (Wildman–Crippen MR) is 64.6 cm³/mol. The summed E-state index contributed by atoms with van der Waals surface area (Å²) in [6.45, 7) is 1.83. The van der Waals surface area contributed by atoms with Gasteiger partial charge in [0.1, 0.15) is 0 Å². The normalized spacial score (nSPS) is 11.7. The Kier molecular flexibility index (Phi) is 3.65. The van der Waals surface area contributed by atoms with Crippen LogP contribution in [0.1, 0.15) is 5.56 Å². The van der Waals surface area contributed by atoms with E-state index in [0.29, 0.717) is 4.47 Å². The van der Waals surface area contributed by atoms with Crippen LogP contribution in [0.3, 0.4) is 0 Å². The topological polar surface area (TPSA) is 34.1 Å².